The third kappa shape index (κ3) is 3.76. The molecule has 0 unspecified atom stereocenters. The molecule has 1 aromatic carbocycles. The summed E-state index contributed by atoms with van der Waals surface area (Å²) in [6, 6.07) is 10.3. The van der Waals surface area contributed by atoms with Crippen molar-refractivity contribution < 1.29 is 9.47 Å². The number of nitrogens with zero attached hydrogens (tertiary/aromatic N) is 4. The Kier molecular flexibility index (Phi) is 5.15. The molecule has 2 heterocycles. The normalized spacial score (nSPS) is 14.8. The van der Waals surface area contributed by atoms with Crippen LogP contribution >= 0.6 is 0 Å². The van der Waals surface area contributed by atoms with Crippen LogP contribution < -0.4 is 14.5 Å². The van der Waals surface area contributed by atoms with E-state index in [0.29, 0.717) is 6.61 Å². The summed E-state index contributed by atoms with van der Waals surface area (Å²) in [7, 11) is 3.36. The van der Waals surface area contributed by atoms with E-state index in [0.717, 1.165) is 49.3 Å². The monoisotopic (exact) mass is 328 g/mol. The molecule has 2 aromatic rings. The van der Waals surface area contributed by atoms with E-state index >= 15 is 0 Å². The molecule has 1 aromatic heterocycles. The van der Waals surface area contributed by atoms with E-state index in [1.165, 1.54) is 5.69 Å². The van der Waals surface area contributed by atoms with Gasteiger partial charge >= 0.3 is 0 Å². The highest BCUT2D eigenvalue weighted by molar-refractivity contribution is 5.51. The van der Waals surface area contributed by atoms with Crippen LogP contribution in [0.4, 0.5) is 11.5 Å². The van der Waals surface area contributed by atoms with Crippen LogP contribution in [-0.2, 0) is 11.3 Å². The molecular weight excluding hydrogens is 304 g/mol. The molecule has 1 aliphatic rings. The standard InChI is InChI=1S/C18H24N4O2/c1-14-12-18(20-17(19-14)13-23-2)22-10-8-21(9-11-22)15-4-6-16(24-3)7-5-15/h4-7,12H,8-11,13H2,1-3H3. The van der Waals surface area contributed by atoms with Gasteiger partial charge in [-0.05, 0) is 31.2 Å². The van der Waals surface area contributed by atoms with Crippen molar-refractivity contribution in [3.05, 3.63) is 41.9 Å². The minimum Gasteiger partial charge on any atom is -0.497 e. The first-order valence-corrected chi connectivity index (χ1v) is 8.17. The second kappa shape index (κ2) is 7.49. The molecule has 0 radical (unpaired) electrons. The van der Waals surface area contributed by atoms with Crippen LogP contribution in [0.5, 0.6) is 5.75 Å². The highest BCUT2D eigenvalue weighted by Crippen LogP contribution is 2.22. The third-order valence-electron chi connectivity index (χ3n) is 4.20. The second-order valence-electron chi connectivity index (χ2n) is 5.89. The molecule has 128 valence electrons. The maximum Gasteiger partial charge on any atom is 0.156 e. The molecule has 6 nitrogen and oxygen atoms in total. The van der Waals surface area contributed by atoms with Crippen molar-refractivity contribution in [3.8, 4) is 5.75 Å². The second-order valence-corrected chi connectivity index (χ2v) is 5.89. The largest absolute Gasteiger partial charge is 0.497 e. The van der Waals surface area contributed by atoms with Crippen LogP contribution in [-0.4, -0.2) is 50.4 Å². The number of benzene rings is 1. The lowest BCUT2D eigenvalue weighted by Gasteiger charge is -2.37. The molecular formula is C18H24N4O2. The fourth-order valence-electron chi connectivity index (χ4n) is 2.95. The maximum atomic E-state index is 5.22. The fourth-order valence-corrected chi connectivity index (χ4v) is 2.95. The summed E-state index contributed by atoms with van der Waals surface area (Å²) in [5, 5.41) is 0. The van der Waals surface area contributed by atoms with Crippen molar-refractivity contribution >= 4 is 11.5 Å². The first-order valence-electron chi connectivity index (χ1n) is 8.17. The Morgan fingerprint density at radius 1 is 0.958 bits per heavy atom. The van der Waals surface area contributed by atoms with E-state index in [-0.39, 0.29) is 0 Å². The molecule has 0 aliphatic carbocycles. The van der Waals surface area contributed by atoms with Crippen LogP contribution in [0.3, 0.4) is 0 Å². The van der Waals surface area contributed by atoms with Crippen molar-refractivity contribution in [2.24, 2.45) is 0 Å². The van der Waals surface area contributed by atoms with Gasteiger partial charge in [0.25, 0.3) is 0 Å². The molecule has 1 saturated heterocycles. The summed E-state index contributed by atoms with van der Waals surface area (Å²) in [5.74, 6) is 2.62. The molecule has 3 rings (SSSR count). The minimum atomic E-state index is 0.445. The number of rotatable bonds is 5. The van der Waals surface area contributed by atoms with Gasteiger partial charge in [0.1, 0.15) is 18.2 Å². The summed E-state index contributed by atoms with van der Waals surface area (Å²) in [6.07, 6.45) is 0. The van der Waals surface area contributed by atoms with Gasteiger partial charge in [0.2, 0.25) is 0 Å². The van der Waals surface area contributed by atoms with Crippen LogP contribution in [0.25, 0.3) is 0 Å². The van der Waals surface area contributed by atoms with Crippen LogP contribution in [0, 0.1) is 6.92 Å². The number of aryl methyl sites for hydroxylation is 1. The molecule has 24 heavy (non-hydrogen) atoms. The smallest absolute Gasteiger partial charge is 0.156 e. The van der Waals surface area contributed by atoms with E-state index in [1.807, 2.05) is 25.1 Å². The number of ether oxygens (including phenoxy) is 2. The summed E-state index contributed by atoms with van der Waals surface area (Å²) in [5.41, 5.74) is 2.21. The molecule has 1 fully saturated rings. The Hall–Kier alpha value is -2.34. The predicted octanol–water partition coefficient (Wildman–Crippen LogP) is 2.27. The molecule has 0 atom stereocenters. The van der Waals surface area contributed by atoms with Gasteiger partial charge in [0.15, 0.2) is 5.82 Å². The summed E-state index contributed by atoms with van der Waals surface area (Å²) < 4.78 is 10.4. The molecule has 6 heteroatoms. The van der Waals surface area contributed by atoms with Gasteiger partial charge in [-0.2, -0.15) is 0 Å². The van der Waals surface area contributed by atoms with Gasteiger partial charge in [-0.3, -0.25) is 0 Å². The van der Waals surface area contributed by atoms with E-state index in [9.17, 15) is 0 Å². The van der Waals surface area contributed by atoms with Crippen LogP contribution in [0.15, 0.2) is 30.3 Å². The Labute approximate surface area is 143 Å². The van der Waals surface area contributed by atoms with Crippen LogP contribution in [0.1, 0.15) is 11.5 Å². The van der Waals surface area contributed by atoms with Crippen molar-refractivity contribution in [1.82, 2.24) is 9.97 Å². The molecule has 0 N–H and O–H groups in total. The average molecular weight is 328 g/mol. The predicted molar refractivity (Wildman–Crippen MR) is 94.9 cm³/mol. The summed E-state index contributed by atoms with van der Waals surface area (Å²) in [6.45, 7) is 6.26. The quantitative estimate of drug-likeness (QED) is 0.839. The zero-order chi connectivity index (χ0) is 16.9. The van der Waals surface area contributed by atoms with E-state index < -0.39 is 0 Å². The lowest BCUT2D eigenvalue weighted by Crippen LogP contribution is -2.47. The lowest BCUT2D eigenvalue weighted by molar-refractivity contribution is 0.177. The van der Waals surface area contributed by atoms with Crippen molar-refractivity contribution in [1.29, 1.82) is 0 Å². The van der Waals surface area contributed by atoms with E-state index in [4.69, 9.17) is 9.47 Å². The first kappa shape index (κ1) is 16.5. The number of anilines is 2. The summed E-state index contributed by atoms with van der Waals surface area (Å²) >= 11 is 0. The van der Waals surface area contributed by atoms with Gasteiger partial charge < -0.3 is 19.3 Å². The number of hydrogen-bond acceptors (Lipinski definition) is 6. The summed E-state index contributed by atoms with van der Waals surface area (Å²) in [4.78, 5) is 13.7. The van der Waals surface area contributed by atoms with E-state index in [1.54, 1.807) is 14.2 Å². The average Bonchev–Trinajstić information content (AvgIpc) is 2.62. The van der Waals surface area contributed by atoms with E-state index in [2.05, 4.69) is 31.9 Å². The topological polar surface area (TPSA) is 50.7 Å². The maximum absolute atomic E-state index is 5.22. The fraction of sp³-hybridized carbons (Fsp3) is 0.444. The number of hydrogen-bond donors (Lipinski definition) is 0. The van der Waals surface area contributed by atoms with Crippen molar-refractivity contribution in [2.45, 2.75) is 13.5 Å². The lowest BCUT2D eigenvalue weighted by atomic mass is 10.2. The SMILES string of the molecule is COCc1nc(C)cc(N2CCN(c3ccc(OC)cc3)CC2)n1. The Morgan fingerprint density at radius 2 is 1.62 bits per heavy atom. The van der Waals surface area contributed by atoms with Crippen molar-refractivity contribution in [2.75, 3.05) is 50.2 Å². The molecule has 1 aliphatic heterocycles. The van der Waals surface area contributed by atoms with Gasteiger partial charge in [0.05, 0.1) is 7.11 Å². The first-order chi connectivity index (χ1) is 11.7. The number of aromatic nitrogens is 2. The molecule has 0 spiro atoms. The zero-order valence-corrected chi connectivity index (χ0v) is 14.5. The highest BCUT2D eigenvalue weighted by atomic mass is 16.5. The Balaban J connectivity index is 1.66. The Bertz CT molecular complexity index is 667. The highest BCUT2D eigenvalue weighted by Gasteiger charge is 2.19. The number of piperazine rings is 1. The van der Waals surface area contributed by atoms with Gasteiger partial charge in [0, 0.05) is 50.7 Å². The number of methoxy groups -OCH3 is 2. The zero-order valence-electron chi connectivity index (χ0n) is 14.5. The van der Waals surface area contributed by atoms with Gasteiger partial charge in [-0.25, -0.2) is 9.97 Å². The third-order valence-corrected chi connectivity index (χ3v) is 4.20. The molecule has 0 bridgehead atoms. The molecule has 0 amide bonds. The Morgan fingerprint density at radius 3 is 2.25 bits per heavy atom. The van der Waals surface area contributed by atoms with Gasteiger partial charge in [-0.1, -0.05) is 0 Å². The van der Waals surface area contributed by atoms with Crippen LogP contribution in [0.2, 0.25) is 0 Å². The van der Waals surface area contributed by atoms with Crippen molar-refractivity contribution in [3.63, 3.8) is 0 Å². The minimum absolute atomic E-state index is 0.445. The molecule has 0 saturated carbocycles. The van der Waals surface area contributed by atoms with Gasteiger partial charge in [-0.15, -0.1) is 0 Å².